The third-order valence-corrected chi connectivity index (χ3v) is 3.41. The summed E-state index contributed by atoms with van der Waals surface area (Å²) in [4.78, 5) is 12.6. The summed E-state index contributed by atoms with van der Waals surface area (Å²) in [5.74, 6) is 1.59. The quantitative estimate of drug-likeness (QED) is 0.730. The topological polar surface area (TPSA) is 67.2 Å². The fourth-order valence-electron chi connectivity index (χ4n) is 1.83. The van der Waals surface area contributed by atoms with Crippen molar-refractivity contribution in [2.45, 2.75) is 13.1 Å². The van der Waals surface area contributed by atoms with Crippen LogP contribution in [0.3, 0.4) is 0 Å². The van der Waals surface area contributed by atoms with Crippen LogP contribution in [0.25, 0.3) is 4.96 Å². The van der Waals surface area contributed by atoms with E-state index in [0.717, 1.165) is 16.5 Å². The van der Waals surface area contributed by atoms with Crippen LogP contribution in [0.4, 0.5) is 0 Å². The van der Waals surface area contributed by atoms with Crippen LogP contribution in [0.2, 0.25) is 0 Å². The molecule has 94 valence electrons. The van der Waals surface area contributed by atoms with E-state index in [1.807, 2.05) is 22.2 Å². The fraction of sp³-hybridized carbons (Fsp3) is 0.273. The number of methoxy groups -OCH3 is 1. The SMILES string of the molecule is COc1nc2sccn2c1CNCc1ncc[nH]1. The molecule has 0 aliphatic rings. The lowest BCUT2D eigenvalue weighted by Crippen LogP contribution is -2.15. The molecule has 18 heavy (non-hydrogen) atoms. The van der Waals surface area contributed by atoms with Crippen molar-refractivity contribution < 1.29 is 4.74 Å². The number of fused-ring (bicyclic) bond motifs is 1. The monoisotopic (exact) mass is 263 g/mol. The van der Waals surface area contributed by atoms with Crippen LogP contribution < -0.4 is 10.1 Å². The number of nitrogens with one attached hydrogen (secondary N) is 2. The predicted octanol–water partition coefficient (Wildman–Crippen LogP) is 1.42. The summed E-state index contributed by atoms with van der Waals surface area (Å²) in [5.41, 5.74) is 1.03. The Bertz CT molecular complexity index is 627. The van der Waals surface area contributed by atoms with Crippen molar-refractivity contribution in [3.8, 4) is 5.88 Å². The molecule has 3 aromatic rings. The van der Waals surface area contributed by atoms with Gasteiger partial charge < -0.3 is 15.0 Å². The van der Waals surface area contributed by atoms with Crippen LogP contribution >= 0.6 is 11.3 Å². The van der Waals surface area contributed by atoms with Gasteiger partial charge in [-0.3, -0.25) is 4.40 Å². The number of hydrogen-bond donors (Lipinski definition) is 2. The number of imidazole rings is 2. The van der Waals surface area contributed by atoms with Crippen LogP contribution in [0.5, 0.6) is 5.88 Å². The molecule has 3 rings (SSSR count). The zero-order chi connectivity index (χ0) is 12.4. The second kappa shape index (κ2) is 4.79. The molecule has 0 saturated heterocycles. The first kappa shape index (κ1) is 11.2. The minimum Gasteiger partial charge on any atom is -0.480 e. The van der Waals surface area contributed by atoms with Crippen molar-refractivity contribution in [3.63, 3.8) is 0 Å². The number of H-pyrrole nitrogens is 1. The van der Waals surface area contributed by atoms with Gasteiger partial charge in [0.15, 0.2) is 4.96 Å². The molecule has 6 nitrogen and oxygen atoms in total. The van der Waals surface area contributed by atoms with Crippen molar-refractivity contribution in [3.05, 3.63) is 35.5 Å². The molecule has 3 aromatic heterocycles. The molecule has 0 spiro atoms. The van der Waals surface area contributed by atoms with E-state index >= 15 is 0 Å². The zero-order valence-corrected chi connectivity index (χ0v) is 10.7. The van der Waals surface area contributed by atoms with Gasteiger partial charge in [-0.05, 0) is 0 Å². The number of hydrogen-bond acceptors (Lipinski definition) is 5. The Kier molecular flexibility index (Phi) is 2.99. The Morgan fingerprint density at radius 2 is 2.44 bits per heavy atom. The molecule has 0 radical (unpaired) electrons. The fourth-order valence-corrected chi connectivity index (χ4v) is 2.56. The molecular weight excluding hydrogens is 250 g/mol. The van der Waals surface area contributed by atoms with Crippen molar-refractivity contribution in [1.82, 2.24) is 24.7 Å². The Morgan fingerprint density at radius 3 is 3.22 bits per heavy atom. The highest BCUT2D eigenvalue weighted by molar-refractivity contribution is 7.15. The molecule has 2 N–H and O–H groups in total. The third-order valence-electron chi connectivity index (χ3n) is 2.66. The smallest absolute Gasteiger partial charge is 0.237 e. The Labute approximate surface area is 108 Å². The van der Waals surface area contributed by atoms with Gasteiger partial charge in [-0.15, -0.1) is 11.3 Å². The first-order chi connectivity index (χ1) is 8.88. The molecule has 0 unspecified atom stereocenters. The van der Waals surface area contributed by atoms with Gasteiger partial charge in [0.2, 0.25) is 5.88 Å². The standard InChI is InChI=1S/C11H13N5OS/c1-17-10-8(16-4-5-18-11(16)15-10)6-12-7-9-13-2-3-14-9/h2-5,12H,6-7H2,1H3,(H,13,14). The van der Waals surface area contributed by atoms with E-state index in [1.54, 1.807) is 24.6 Å². The summed E-state index contributed by atoms with van der Waals surface area (Å²) in [6.07, 6.45) is 5.56. The summed E-state index contributed by atoms with van der Waals surface area (Å²) in [6, 6.07) is 0. The normalized spacial score (nSPS) is 11.2. The van der Waals surface area contributed by atoms with Gasteiger partial charge in [-0.25, -0.2) is 4.98 Å². The van der Waals surface area contributed by atoms with Crippen LogP contribution in [0.15, 0.2) is 24.0 Å². The third kappa shape index (κ3) is 1.98. The first-order valence-electron chi connectivity index (χ1n) is 5.56. The van der Waals surface area contributed by atoms with Crippen LogP contribution in [0, 0.1) is 0 Å². The number of aromatic amines is 1. The maximum absolute atomic E-state index is 5.29. The molecule has 7 heteroatoms. The molecule has 0 saturated carbocycles. The lowest BCUT2D eigenvalue weighted by Gasteiger charge is -2.04. The maximum Gasteiger partial charge on any atom is 0.237 e. The second-order valence-electron chi connectivity index (χ2n) is 3.76. The van der Waals surface area contributed by atoms with Crippen molar-refractivity contribution in [1.29, 1.82) is 0 Å². The van der Waals surface area contributed by atoms with E-state index in [4.69, 9.17) is 4.74 Å². The molecule has 0 fully saturated rings. The number of ether oxygens (including phenoxy) is 1. The average molecular weight is 263 g/mol. The van der Waals surface area contributed by atoms with E-state index in [0.29, 0.717) is 19.0 Å². The molecule has 0 atom stereocenters. The number of rotatable bonds is 5. The van der Waals surface area contributed by atoms with Gasteiger partial charge in [0, 0.05) is 30.5 Å². The lowest BCUT2D eigenvalue weighted by molar-refractivity contribution is 0.392. The highest BCUT2D eigenvalue weighted by atomic mass is 32.1. The van der Waals surface area contributed by atoms with E-state index < -0.39 is 0 Å². The molecule has 0 amide bonds. The highest BCUT2D eigenvalue weighted by Crippen LogP contribution is 2.22. The van der Waals surface area contributed by atoms with Crippen molar-refractivity contribution in [2.75, 3.05) is 7.11 Å². The van der Waals surface area contributed by atoms with Crippen LogP contribution in [-0.4, -0.2) is 26.5 Å². The van der Waals surface area contributed by atoms with Gasteiger partial charge in [-0.1, -0.05) is 0 Å². The van der Waals surface area contributed by atoms with Gasteiger partial charge in [-0.2, -0.15) is 4.98 Å². The lowest BCUT2D eigenvalue weighted by atomic mass is 10.4. The van der Waals surface area contributed by atoms with Crippen LogP contribution in [0.1, 0.15) is 11.5 Å². The Balaban J connectivity index is 1.74. The highest BCUT2D eigenvalue weighted by Gasteiger charge is 2.12. The molecule has 3 heterocycles. The van der Waals surface area contributed by atoms with Gasteiger partial charge in [0.1, 0.15) is 11.5 Å². The number of thiazole rings is 1. The van der Waals surface area contributed by atoms with E-state index in [-0.39, 0.29) is 0 Å². The summed E-state index contributed by atoms with van der Waals surface area (Å²) < 4.78 is 7.33. The van der Waals surface area contributed by atoms with Gasteiger partial charge >= 0.3 is 0 Å². The van der Waals surface area contributed by atoms with Crippen LogP contribution in [-0.2, 0) is 13.1 Å². The van der Waals surface area contributed by atoms with E-state index in [9.17, 15) is 0 Å². The predicted molar refractivity (Wildman–Crippen MR) is 68.8 cm³/mol. The minimum absolute atomic E-state index is 0.675. The molecule has 0 aliphatic carbocycles. The summed E-state index contributed by atoms with van der Waals surface area (Å²) in [7, 11) is 1.64. The summed E-state index contributed by atoms with van der Waals surface area (Å²) in [5, 5.41) is 5.33. The zero-order valence-electron chi connectivity index (χ0n) is 9.88. The number of nitrogens with zero attached hydrogens (tertiary/aromatic N) is 3. The Morgan fingerprint density at radius 1 is 1.50 bits per heavy atom. The minimum atomic E-state index is 0.675. The van der Waals surface area contributed by atoms with E-state index in [1.165, 1.54) is 0 Å². The van der Waals surface area contributed by atoms with Crippen molar-refractivity contribution >= 4 is 16.3 Å². The largest absolute Gasteiger partial charge is 0.480 e. The van der Waals surface area contributed by atoms with Gasteiger partial charge in [0.25, 0.3) is 0 Å². The molecular formula is C11H13N5OS. The molecule has 0 aliphatic heterocycles. The molecule has 0 bridgehead atoms. The summed E-state index contributed by atoms with van der Waals surface area (Å²) in [6.45, 7) is 1.37. The van der Waals surface area contributed by atoms with Crippen molar-refractivity contribution in [2.24, 2.45) is 0 Å². The average Bonchev–Trinajstić information content (AvgIpc) is 3.06. The molecule has 0 aromatic carbocycles. The van der Waals surface area contributed by atoms with E-state index in [2.05, 4.69) is 20.3 Å². The second-order valence-corrected chi connectivity index (χ2v) is 4.64. The van der Waals surface area contributed by atoms with Gasteiger partial charge in [0.05, 0.1) is 13.7 Å². The maximum atomic E-state index is 5.29. The first-order valence-corrected chi connectivity index (χ1v) is 6.44. The number of aromatic nitrogens is 4. The Hall–Kier alpha value is -1.86. The summed E-state index contributed by atoms with van der Waals surface area (Å²) >= 11 is 1.59.